The Kier molecular flexibility index (Phi) is 5.53. The summed E-state index contributed by atoms with van der Waals surface area (Å²) >= 11 is 4.61. The highest BCUT2D eigenvalue weighted by atomic mass is 32.2. The molecule has 1 N–H and O–H groups in total. The number of nitrogens with one attached hydrogen (secondary N) is 1. The number of thioether (sulfide) groups is 1. The fourth-order valence-electron chi connectivity index (χ4n) is 3.47. The van der Waals surface area contributed by atoms with Gasteiger partial charge in [-0.25, -0.2) is 9.37 Å². The van der Waals surface area contributed by atoms with Crippen LogP contribution in [0, 0.1) is 5.82 Å². The van der Waals surface area contributed by atoms with Gasteiger partial charge in [0.05, 0.1) is 5.69 Å². The Morgan fingerprint density at radius 2 is 1.97 bits per heavy atom. The Hall–Kier alpha value is -2.30. The minimum absolute atomic E-state index is 0.00826. The highest BCUT2D eigenvalue weighted by Crippen LogP contribution is 2.30. The summed E-state index contributed by atoms with van der Waals surface area (Å²) in [7, 11) is 0. The van der Waals surface area contributed by atoms with Crippen LogP contribution in [0.25, 0.3) is 4.96 Å². The third kappa shape index (κ3) is 4.12. The Bertz CT molecular complexity index is 1250. The van der Waals surface area contributed by atoms with Crippen LogP contribution in [0.1, 0.15) is 34.7 Å². The van der Waals surface area contributed by atoms with E-state index >= 15 is 0 Å². The second kappa shape index (κ2) is 8.44. The Morgan fingerprint density at radius 3 is 2.83 bits per heavy atom. The van der Waals surface area contributed by atoms with E-state index in [9.17, 15) is 9.18 Å². The van der Waals surface area contributed by atoms with Crippen molar-refractivity contribution in [2.24, 2.45) is 0 Å². The van der Waals surface area contributed by atoms with Crippen LogP contribution in [0.4, 0.5) is 9.52 Å². The summed E-state index contributed by atoms with van der Waals surface area (Å²) in [5, 5.41) is 12.3. The second-order valence-electron chi connectivity index (χ2n) is 7.02. The molecule has 4 aromatic rings. The quantitative estimate of drug-likeness (QED) is 0.427. The van der Waals surface area contributed by atoms with Gasteiger partial charge in [-0.05, 0) is 43.4 Å². The van der Waals surface area contributed by atoms with Gasteiger partial charge < -0.3 is 5.32 Å². The number of thiazole rings is 1. The molecule has 30 heavy (non-hydrogen) atoms. The van der Waals surface area contributed by atoms with E-state index in [-0.39, 0.29) is 11.4 Å². The molecule has 0 spiro atoms. The Morgan fingerprint density at radius 1 is 1.13 bits per heavy atom. The van der Waals surface area contributed by atoms with Gasteiger partial charge in [-0.15, -0.1) is 21.5 Å². The fourth-order valence-corrected chi connectivity index (χ4v) is 6.34. The maximum absolute atomic E-state index is 13.0. The van der Waals surface area contributed by atoms with Crippen LogP contribution in [0.5, 0.6) is 0 Å². The summed E-state index contributed by atoms with van der Waals surface area (Å²) in [6.45, 7) is 0.553. The highest BCUT2D eigenvalue weighted by molar-refractivity contribution is 8.00. The first-order valence-corrected chi connectivity index (χ1v) is 12.3. The number of benzene rings is 1. The minimum atomic E-state index is -0.248. The van der Waals surface area contributed by atoms with Crippen molar-refractivity contribution in [1.29, 1.82) is 0 Å². The van der Waals surface area contributed by atoms with Crippen molar-refractivity contribution in [3.05, 3.63) is 68.3 Å². The van der Waals surface area contributed by atoms with Crippen molar-refractivity contribution in [2.75, 3.05) is 5.32 Å². The van der Waals surface area contributed by atoms with Crippen molar-refractivity contribution < 1.29 is 4.39 Å². The van der Waals surface area contributed by atoms with E-state index < -0.39 is 0 Å². The number of fused-ring (bicyclic) bond motifs is 3. The summed E-state index contributed by atoms with van der Waals surface area (Å²) in [5.74, 6) is 0.323. The average Bonchev–Trinajstić information content (AvgIpc) is 3.36. The molecule has 0 radical (unpaired) electrons. The van der Waals surface area contributed by atoms with Crippen LogP contribution in [-0.2, 0) is 25.1 Å². The lowest BCUT2D eigenvalue weighted by atomic mass is 10.0. The molecule has 6 nitrogen and oxygen atoms in total. The summed E-state index contributed by atoms with van der Waals surface area (Å²) < 4.78 is 15.6. The van der Waals surface area contributed by atoms with Gasteiger partial charge in [0.25, 0.3) is 5.56 Å². The van der Waals surface area contributed by atoms with E-state index in [1.54, 1.807) is 33.9 Å². The number of hydrogen-bond donors (Lipinski definition) is 1. The molecule has 0 bridgehead atoms. The van der Waals surface area contributed by atoms with Gasteiger partial charge in [0.1, 0.15) is 5.82 Å². The van der Waals surface area contributed by atoms with E-state index in [0.29, 0.717) is 17.4 Å². The van der Waals surface area contributed by atoms with Crippen molar-refractivity contribution >= 4 is 44.5 Å². The normalized spacial score (nSPS) is 13.5. The first-order valence-electron chi connectivity index (χ1n) is 9.63. The van der Waals surface area contributed by atoms with Crippen LogP contribution < -0.4 is 10.9 Å². The van der Waals surface area contributed by atoms with Crippen molar-refractivity contribution in [1.82, 2.24) is 19.6 Å². The van der Waals surface area contributed by atoms with Gasteiger partial charge >= 0.3 is 0 Å². The van der Waals surface area contributed by atoms with Crippen LogP contribution in [0.3, 0.4) is 0 Å². The molecule has 0 saturated heterocycles. The van der Waals surface area contributed by atoms with Crippen LogP contribution in [0.15, 0.2) is 39.5 Å². The predicted octanol–water partition coefficient (Wildman–Crippen LogP) is 4.53. The summed E-state index contributed by atoms with van der Waals surface area (Å²) in [4.78, 5) is 19.5. The van der Waals surface area contributed by atoms with Gasteiger partial charge in [0.2, 0.25) is 5.13 Å². The van der Waals surface area contributed by atoms with Gasteiger partial charge in [-0.2, -0.15) is 0 Å². The number of nitrogens with zero attached hydrogens (tertiary/aromatic N) is 4. The molecule has 0 atom stereocenters. The largest absolute Gasteiger partial charge is 0.356 e. The molecule has 0 amide bonds. The zero-order valence-corrected chi connectivity index (χ0v) is 18.4. The standard InChI is InChI=1S/C20H18FN5OS3/c21-13-7-5-12(6-8-13)10-22-18-24-25-20(30-18)28-11-14-9-17(27)26-15-3-1-2-4-16(15)29-19(26)23-14/h5-9H,1-4,10-11H2,(H,22,24). The van der Waals surface area contributed by atoms with Crippen molar-refractivity contribution in [3.63, 3.8) is 0 Å². The second-order valence-corrected chi connectivity index (χ2v) is 10.3. The van der Waals surface area contributed by atoms with Gasteiger partial charge in [0.15, 0.2) is 9.30 Å². The number of aryl methyl sites for hydroxylation is 2. The molecule has 0 aliphatic heterocycles. The molecule has 1 aromatic carbocycles. The van der Waals surface area contributed by atoms with Crippen LogP contribution in [0.2, 0.25) is 0 Å². The first-order chi connectivity index (χ1) is 14.7. The van der Waals surface area contributed by atoms with E-state index in [1.165, 1.54) is 46.5 Å². The van der Waals surface area contributed by atoms with Crippen molar-refractivity contribution in [2.45, 2.75) is 42.3 Å². The van der Waals surface area contributed by atoms with E-state index in [4.69, 9.17) is 4.98 Å². The van der Waals surface area contributed by atoms with E-state index in [2.05, 4.69) is 15.5 Å². The maximum Gasteiger partial charge on any atom is 0.259 e. The number of aromatic nitrogens is 4. The Balaban J connectivity index is 1.24. The lowest BCUT2D eigenvalue weighted by Crippen LogP contribution is -2.17. The Labute approximate surface area is 184 Å². The fraction of sp³-hybridized carbons (Fsp3) is 0.300. The van der Waals surface area contributed by atoms with Gasteiger partial charge in [0, 0.05) is 28.9 Å². The SMILES string of the molecule is O=c1cc(CSc2nnc(NCc3ccc(F)cc3)s2)nc2sc3c(n12)CCCC3. The van der Waals surface area contributed by atoms with Crippen molar-refractivity contribution in [3.8, 4) is 0 Å². The molecule has 3 aromatic heterocycles. The molecule has 0 fully saturated rings. The molecule has 0 unspecified atom stereocenters. The van der Waals surface area contributed by atoms with Crippen LogP contribution >= 0.6 is 34.4 Å². The van der Waals surface area contributed by atoms with Gasteiger partial charge in [-0.3, -0.25) is 9.20 Å². The topological polar surface area (TPSA) is 72.2 Å². The molecular formula is C20H18FN5OS3. The molecule has 154 valence electrons. The predicted molar refractivity (Wildman–Crippen MR) is 119 cm³/mol. The van der Waals surface area contributed by atoms with E-state index in [0.717, 1.165) is 45.5 Å². The average molecular weight is 460 g/mol. The molecule has 10 heteroatoms. The third-order valence-electron chi connectivity index (χ3n) is 4.92. The maximum atomic E-state index is 13.0. The molecule has 5 rings (SSSR count). The number of hydrogen-bond acceptors (Lipinski definition) is 8. The lowest BCUT2D eigenvalue weighted by Gasteiger charge is -2.09. The first kappa shape index (κ1) is 19.7. The highest BCUT2D eigenvalue weighted by Gasteiger charge is 2.18. The number of rotatable bonds is 6. The van der Waals surface area contributed by atoms with E-state index in [1.807, 2.05) is 0 Å². The molecule has 3 heterocycles. The number of anilines is 1. The zero-order chi connectivity index (χ0) is 20.5. The smallest absolute Gasteiger partial charge is 0.259 e. The summed E-state index contributed by atoms with van der Waals surface area (Å²) in [6, 6.07) is 7.99. The monoisotopic (exact) mass is 459 g/mol. The molecule has 1 aliphatic rings. The zero-order valence-electron chi connectivity index (χ0n) is 15.9. The summed E-state index contributed by atoms with van der Waals surface area (Å²) in [5.41, 5.74) is 2.89. The minimum Gasteiger partial charge on any atom is -0.356 e. The lowest BCUT2D eigenvalue weighted by molar-refractivity contribution is 0.627. The third-order valence-corrected chi connectivity index (χ3v) is 8.11. The summed E-state index contributed by atoms with van der Waals surface area (Å²) in [6.07, 6.45) is 4.33. The number of halogens is 1. The van der Waals surface area contributed by atoms with Gasteiger partial charge in [-0.1, -0.05) is 35.2 Å². The molecule has 0 saturated carbocycles. The van der Waals surface area contributed by atoms with Crippen LogP contribution in [-0.4, -0.2) is 19.6 Å². The molecular weight excluding hydrogens is 441 g/mol. The molecule has 1 aliphatic carbocycles.